The number of carbonyl (C=O) groups is 6. The molecule has 492 valence electrons. The quantitative estimate of drug-likeness (QED) is 0.0121. The topological polar surface area (TPSA) is 457 Å². The van der Waals surface area contributed by atoms with Crippen LogP contribution < -0.4 is 46.6 Å². The van der Waals surface area contributed by atoms with Crippen molar-refractivity contribution in [2.24, 2.45) is 0 Å². The summed E-state index contributed by atoms with van der Waals surface area (Å²) < 4.78 is 86.7. The van der Waals surface area contributed by atoms with E-state index in [9.17, 15) is 65.8 Å². The van der Waals surface area contributed by atoms with Gasteiger partial charge in [0.05, 0.1) is 44.4 Å². The minimum Gasteiger partial charge on any atom is -0.471 e. The highest BCUT2D eigenvalue weighted by atomic mass is 32.2. The molecule has 8 N–H and O–H groups in total. The molecule has 0 fully saturated rings. The lowest BCUT2D eigenvalue weighted by Gasteiger charge is -2.44. The molecule has 0 radical (unpaired) electrons. The van der Waals surface area contributed by atoms with Crippen LogP contribution in [-0.4, -0.2) is 138 Å². The number of nitrogens with two attached hydrogens (primary N) is 1. The van der Waals surface area contributed by atoms with E-state index in [0.29, 0.717) is 32.7 Å². The molecule has 5 amide bonds. The third-order valence-corrected chi connectivity index (χ3v) is 20.7. The number of fused-ring (bicyclic) bond motifs is 7. The Morgan fingerprint density at radius 1 is 0.653 bits per heavy atom. The first kappa shape index (κ1) is 66.6. The lowest BCUT2D eigenvalue weighted by atomic mass is 9.78. The predicted octanol–water partition coefficient (Wildman–Crippen LogP) is 4.64. The van der Waals surface area contributed by atoms with Gasteiger partial charge in [-0.2, -0.15) is 26.8 Å². The Morgan fingerprint density at radius 2 is 1.14 bits per heavy atom. The second-order valence-electron chi connectivity index (χ2n) is 22.2. The van der Waals surface area contributed by atoms with Crippen LogP contribution in [0.2, 0.25) is 13.1 Å². The summed E-state index contributed by atoms with van der Waals surface area (Å²) in [4.78, 5) is 123. The van der Waals surface area contributed by atoms with Crippen molar-refractivity contribution in [1.82, 2.24) is 35.9 Å². The summed E-state index contributed by atoms with van der Waals surface area (Å²) >= 11 is 0. The molecule has 6 aromatic carbocycles. The highest BCUT2D eigenvalue weighted by Crippen LogP contribution is 2.50. The van der Waals surface area contributed by atoms with Crippen molar-refractivity contribution in [3.63, 3.8) is 0 Å². The first-order chi connectivity index (χ1) is 44.9. The summed E-state index contributed by atoms with van der Waals surface area (Å²) in [7, 11) is -9.38. The lowest BCUT2D eigenvalue weighted by molar-refractivity contribution is -0.386. The van der Waals surface area contributed by atoms with E-state index in [2.05, 4.69) is 35.9 Å². The Hall–Kier alpha value is -11.3. The Kier molecular flexibility index (Phi) is 18.5. The molecule has 0 aliphatic carbocycles. The molecule has 2 aliphatic rings. The van der Waals surface area contributed by atoms with Gasteiger partial charge in [0.2, 0.25) is 11.8 Å². The number of hydrogen-bond acceptors (Lipinski definition) is 22. The van der Waals surface area contributed by atoms with E-state index in [1.54, 1.807) is 54.6 Å². The Balaban J connectivity index is 0.951. The molecule has 95 heavy (non-hydrogen) atoms. The second kappa shape index (κ2) is 26.4. The molecule has 0 unspecified atom stereocenters. The highest BCUT2D eigenvalue weighted by molar-refractivity contribution is 7.86. The maximum atomic E-state index is 14.4. The fourth-order valence-corrected chi connectivity index (χ4v) is 14.7. The number of nitro groups is 2. The van der Waals surface area contributed by atoms with Crippen LogP contribution >= 0.6 is 0 Å². The van der Waals surface area contributed by atoms with E-state index in [1.807, 2.05) is 25.2 Å². The SMILES string of the molecule is CN(C(=O)OCc1cc(C(=O)NCCS(=O)(=O)O)ccc1[N+](=O)[O-])c1ccc2c(c1)[Si](C)(C)c1cc(N(C)C(=O)OCc3cc(C(=O)NCCS(=O)(=O)O)ccc3[N+](=O)[O-])ccc1C21OC(=O)c2ccc(C(=O)NCc3ccc(COc4nc(N)nc5nc[nH]c45)cc3)cc21. The number of aromatic amines is 1. The van der Waals surface area contributed by atoms with Crippen LogP contribution in [0.25, 0.3) is 11.2 Å². The van der Waals surface area contributed by atoms with E-state index < -0.39 is 129 Å². The number of nitrogen functional groups attached to an aromatic ring is 1. The van der Waals surface area contributed by atoms with Crippen LogP contribution in [0.4, 0.5) is 38.3 Å². The first-order valence-corrected chi connectivity index (χ1v) is 34.6. The number of imidazole rings is 1. The van der Waals surface area contributed by atoms with Crippen LogP contribution in [0.1, 0.15) is 80.4 Å². The van der Waals surface area contributed by atoms with Gasteiger partial charge in [-0.05, 0) is 88.2 Å². The third-order valence-electron chi connectivity index (χ3n) is 15.8. The van der Waals surface area contributed by atoms with E-state index in [4.69, 9.17) is 33.8 Å². The lowest BCUT2D eigenvalue weighted by Crippen LogP contribution is -2.63. The molecule has 35 heteroatoms. The number of hydrogen-bond donors (Lipinski definition) is 7. The fourth-order valence-electron chi connectivity index (χ4n) is 10.9. The van der Waals surface area contributed by atoms with Gasteiger partial charge >= 0.3 is 18.2 Å². The van der Waals surface area contributed by atoms with Gasteiger partial charge in [-0.1, -0.05) is 49.5 Å². The Bertz CT molecular complexity index is 4560. The summed E-state index contributed by atoms with van der Waals surface area (Å²) in [6.45, 7) is 1.67. The average Bonchev–Trinajstić information content (AvgIpc) is 1.64. The molecule has 2 aromatic heterocycles. The van der Waals surface area contributed by atoms with Gasteiger partial charge in [-0.25, -0.2) is 19.4 Å². The number of amides is 5. The molecular weight excluding hydrogens is 1300 g/mol. The molecule has 8 aromatic rings. The second-order valence-corrected chi connectivity index (χ2v) is 29.7. The summed E-state index contributed by atoms with van der Waals surface area (Å²) in [6, 6.07) is 27.9. The minimum atomic E-state index is -4.43. The average molecular weight is 1360 g/mol. The van der Waals surface area contributed by atoms with Crippen LogP contribution in [0.5, 0.6) is 5.88 Å². The summed E-state index contributed by atoms with van der Waals surface area (Å²) in [5, 5.41) is 32.9. The number of anilines is 3. The van der Waals surface area contributed by atoms with Gasteiger partial charge in [0, 0.05) is 90.6 Å². The van der Waals surface area contributed by atoms with Crippen LogP contribution in [0.15, 0.2) is 122 Å². The number of benzene rings is 6. The van der Waals surface area contributed by atoms with E-state index in [1.165, 1.54) is 32.6 Å². The van der Waals surface area contributed by atoms with E-state index in [0.717, 1.165) is 57.3 Å². The number of rotatable bonds is 22. The maximum absolute atomic E-state index is 14.4. The van der Waals surface area contributed by atoms with E-state index >= 15 is 0 Å². The number of carbonyl (C=O) groups excluding carboxylic acids is 6. The molecule has 2 aliphatic heterocycles. The van der Waals surface area contributed by atoms with Crippen molar-refractivity contribution in [1.29, 1.82) is 0 Å². The summed E-state index contributed by atoms with van der Waals surface area (Å²) in [5.41, 5.74) is 6.39. The van der Waals surface area contributed by atoms with Crippen molar-refractivity contribution in [3.05, 3.63) is 203 Å². The molecule has 10 rings (SSSR count). The van der Waals surface area contributed by atoms with Gasteiger partial charge in [-0.3, -0.25) is 53.5 Å². The molecule has 0 atom stereocenters. The third kappa shape index (κ3) is 14.2. The molecular formula is C60H56N12O20S2Si. The Morgan fingerprint density at radius 3 is 1.64 bits per heavy atom. The van der Waals surface area contributed by atoms with Crippen LogP contribution in [0.3, 0.4) is 0 Å². The molecule has 0 saturated carbocycles. The number of ether oxygens (including phenoxy) is 4. The van der Waals surface area contributed by atoms with Gasteiger partial charge in [0.15, 0.2) is 11.2 Å². The van der Waals surface area contributed by atoms with Crippen molar-refractivity contribution in [3.8, 4) is 5.88 Å². The Labute approximate surface area is 539 Å². The summed E-state index contributed by atoms with van der Waals surface area (Å²) in [6.07, 6.45) is -0.604. The van der Waals surface area contributed by atoms with Gasteiger partial charge < -0.3 is 45.6 Å². The molecule has 4 heterocycles. The van der Waals surface area contributed by atoms with Crippen molar-refractivity contribution < 1.29 is 83.5 Å². The largest absolute Gasteiger partial charge is 0.471 e. The first-order valence-electron chi connectivity index (χ1n) is 28.4. The molecule has 0 bridgehead atoms. The monoisotopic (exact) mass is 1360 g/mol. The number of nitro benzene ring substituents is 2. The van der Waals surface area contributed by atoms with Gasteiger partial charge in [0.25, 0.3) is 49.3 Å². The zero-order valence-electron chi connectivity index (χ0n) is 50.5. The number of H-pyrrole nitrogens is 1. The van der Waals surface area contributed by atoms with Gasteiger partial charge in [0.1, 0.15) is 33.4 Å². The standard InChI is InChI=1S/C60H56N12O20S2Si/c1-69(58(77)90-30-38-23-35(10-17-46(38)71(79)80)52(73)62-19-21-93(83,84)85)40-12-15-43-48(26-40)95(3,4)49-27-41(70(2)59(78)91-31-39-24-36(11-18-47(39)72(81)82)53(74)63-20-22-94(86,87)88)13-16-44(49)60(43)45-25-37(9-14-42(45)56(76)92-60)54(75)64-28-33-5-7-34(8-6-33)29-89-55-50-51(66-32-65-50)67-57(61)68-55/h5-18,23-27,32H,19-22,28-31H2,1-4H3,(H,62,73)(H,63,74)(H,64,75)(H,83,84,85)(H,86,87,88)(H3,61,65,66,67,68). The smallest absolute Gasteiger partial charge is 0.414 e. The number of nitrogens with zero attached hydrogens (tertiary/aromatic N) is 7. The molecule has 32 nitrogen and oxygen atoms in total. The van der Waals surface area contributed by atoms with Crippen molar-refractivity contribution in [2.75, 3.05) is 54.2 Å². The van der Waals surface area contributed by atoms with Crippen molar-refractivity contribution in [2.45, 2.75) is 45.1 Å². The maximum Gasteiger partial charge on any atom is 0.414 e. The normalized spacial score (nSPS) is 13.3. The number of esters is 1. The van der Waals surface area contributed by atoms with Crippen LogP contribution in [0, 0.1) is 20.2 Å². The minimum absolute atomic E-state index is 0.0131. The van der Waals surface area contributed by atoms with E-state index in [-0.39, 0.29) is 75.3 Å². The predicted molar refractivity (Wildman–Crippen MR) is 340 cm³/mol. The number of aromatic nitrogens is 4. The van der Waals surface area contributed by atoms with Crippen molar-refractivity contribution >= 4 is 114 Å². The highest BCUT2D eigenvalue weighted by Gasteiger charge is 2.56. The van der Waals surface area contributed by atoms with Gasteiger partial charge in [-0.15, -0.1) is 0 Å². The molecule has 1 spiro atoms. The fraction of sp³-hybridized carbons (Fsp3) is 0.217. The van der Waals surface area contributed by atoms with Crippen LogP contribution in [-0.2, 0) is 66.4 Å². The molecule has 0 saturated heterocycles. The zero-order chi connectivity index (χ0) is 68.5. The number of nitrogens with one attached hydrogen (secondary N) is 4. The summed E-state index contributed by atoms with van der Waals surface area (Å²) in [5.74, 6) is -4.38. The zero-order valence-corrected chi connectivity index (χ0v) is 53.1.